The molecular formula is C18H28N4. The van der Waals surface area contributed by atoms with Crippen LogP contribution in [0.3, 0.4) is 0 Å². The third-order valence-electron chi connectivity index (χ3n) is 3.78. The van der Waals surface area contributed by atoms with Gasteiger partial charge in [0.1, 0.15) is 0 Å². The molecular weight excluding hydrogens is 272 g/mol. The van der Waals surface area contributed by atoms with Crippen molar-refractivity contribution < 1.29 is 0 Å². The van der Waals surface area contributed by atoms with Gasteiger partial charge in [-0.25, -0.2) is 4.68 Å². The lowest BCUT2D eigenvalue weighted by molar-refractivity contribution is 0.416. The number of hydrogen-bond donors (Lipinski definition) is 0. The summed E-state index contributed by atoms with van der Waals surface area (Å²) in [6.45, 7) is 8.60. The number of likely N-dealkylation sites (N-methyl/N-ethyl adjacent to an activating group) is 2. The van der Waals surface area contributed by atoms with Crippen LogP contribution < -0.4 is 4.90 Å². The molecule has 1 heterocycles. The molecule has 0 aliphatic rings. The number of benzene rings is 1. The van der Waals surface area contributed by atoms with Gasteiger partial charge in [0.05, 0.1) is 11.4 Å². The Balaban J connectivity index is 2.19. The molecule has 0 spiro atoms. The van der Waals surface area contributed by atoms with E-state index in [1.807, 2.05) is 10.9 Å². The van der Waals surface area contributed by atoms with Gasteiger partial charge in [0.15, 0.2) is 0 Å². The summed E-state index contributed by atoms with van der Waals surface area (Å²) in [5, 5.41) is 4.72. The molecule has 2 aromatic rings. The zero-order valence-electron chi connectivity index (χ0n) is 14.7. The minimum atomic E-state index is 0.0748. The Morgan fingerprint density at radius 1 is 1.05 bits per heavy atom. The second kappa shape index (κ2) is 6.53. The normalized spacial score (nSPS) is 12.0. The summed E-state index contributed by atoms with van der Waals surface area (Å²) in [6, 6.07) is 10.6. The van der Waals surface area contributed by atoms with Gasteiger partial charge in [0.25, 0.3) is 0 Å². The molecule has 120 valence electrons. The van der Waals surface area contributed by atoms with Crippen LogP contribution in [0.2, 0.25) is 0 Å². The fourth-order valence-corrected chi connectivity index (χ4v) is 2.22. The first-order valence-corrected chi connectivity index (χ1v) is 7.80. The Morgan fingerprint density at radius 3 is 2.36 bits per heavy atom. The van der Waals surface area contributed by atoms with Crippen LogP contribution in [0.4, 0.5) is 5.69 Å². The molecule has 22 heavy (non-hydrogen) atoms. The lowest BCUT2D eigenvalue weighted by Crippen LogP contribution is -2.28. The molecule has 0 radical (unpaired) electrons. The summed E-state index contributed by atoms with van der Waals surface area (Å²) in [5.74, 6) is 0. The summed E-state index contributed by atoms with van der Waals surface area (Å²) in [7, 11) is 6.33. The summed E-state index contributed by atoms with van der Waals surface area (Å²) in [5.41, 5.74) is 3.50. The van der Waals surface area contributed by atoms with E-state index < -0.39 is 0 Å². The molecule has 0 fully saturated rings. The number of nitrogens with zero attached hydrogens (tertiary/aromatic N) is 4. The number of hydrogen-bond acceptors (Lipinski definition) is 3. The van der Waals surface area contributed by atoms with Crippen molar-refractivity contribution in [2.24, 2.45) is 0 Å². The van der Waals surface area contributed by atoms with Crippen molar-refractivity contribution in [2.45, 2.75) is 26.2 Å². The Bertz CT molecular complexity index is 608. The quantitative estimate of drug-likeness (QED) is 0.847. The van der Waals surface area contributed by atoms with Crippen LogP contribution >= 0.6 is 0 Å². The van der Waals surface area contributed by atoms with Crippen LogP contribution in [0.15, 0.2) is 36.5 Å². The number of anilines is 1. The highest BCUT2D eigenvalue weighted by atomic mass is 15.3. The monoisotopic (exact) mass is 300 g/mol. The Morgan fingerprint density at radius 2 is 1.77 bits per heavy atom. The summed E-state index contributed by atoms with van der Waals surface area (Å²) < 4.78 is 1.96. The van der Waals surface area contributed by atoms with Crippen molar-refractivity contribution in [3.8, 4) is 5.69 Å². The van der Waals surface area contributed by atoms with Gasteiger partial charge in [-0.05, 0) is 38.4 Å². The van der Waals surface area contributed by atoms with Crippen molar-refractivity contribution in [2.75, 3.05) is 39.1 Å². The fourth-order valence-electron chi connectivity index (χ4n) is 2.22. The average Bonchev–Trinajstić information content (AvgIpc) is 2.94. The van der Waals surface area contributed by atoms with Gasteiger partial charge in [0, 0.05) is 37.4 Å². The third-order valence-corrected chi connectivity index (χ3v) is 3.78. The van der Waals surface area contributed by atoms with Crippen molar-refractivity contribution in [3.05, 3.63) is 42.2 Å². The highest BCUT2D eigenvalue weighted by Gasteiger charge is 2.17. The second-order valence-electron chi connectivity index (χ2n) is 7.14. The van der Waals surface area contributed by atoms with E-state index in [0.717, 1.165) is 24.5 Å². The number of aromatic nitrogens is 2. The topological polar surface area (TPSA) is 24.3 Å². The van der Waals surface area contributed by atoms with E-state index in [1.54, 1.807) is 0 Å². The maximum atomic E-state index is 4.72. The minimum Gasteiger partial charge on any atom is -0.373 e. The average molecular weight is 300 g/mol. The van der Waals surface area contributed by atoms with Gasteiger partial charge in [-0.1, -0.05) is 26.8 Å². The maximum Gasteiger partial charge on any atom is 0.0682 e. The first kappa shape index (κ1) is 16.6. The molecule has 0 saturated carbocycles. The molecule has 0 N–H and O–H groups in total. The minimum absolute atomic E-state index is 0.0748. The van der Waals surface area contributed by atoms with Crippen LogP contribution in [-0.4, -0.2) is 48.9 Å². The van der Waals surface area contributed by atoms with Gasteiger partial charge in [-0.2, -0.15) is 5.10 Å². The van der Waals surface area contributed by atoms with Crippen LogP contribution in [0, 0.1) is 0 Å². The predicted octanol–water partition coefficient (Wildman–Crippen LogP) is 3.17. The van der Waals surface area contributed by atoms with Gasteiger partial charge >= 0.3 is 0 Å². The Hall–Kier alpha value is -1.81. The highest BCUT2D eigenvalue weighted by molar-refractivity contribution is 5.52. The smallest absolute Gasteiger partial charge is 0.0682 e. The molecule has 0 aliphatic heterocycles. The van der Waals surface area contributed by atoms with Crippen LogP contribution in [0.25, 0.3) is 5.69 Å². The Labute approximate surface area is 134 Å². The largest absolute Gasteiger partial charge is 0.373 e. The van der Waals surface area contributed by atoms with E-state index in [-0.39, 0.29) is 5.41 Å². The molecule has 0 bridgehead atoms. The van der Waals surface area contributed by atoms with E-state index in [4.69, 9.17) is 5.10 Å². The van der Waals surface area contributed by atoms with Crippen LogP contribution in [0.1, 0.15) is 26.5 Å². The van der Waals surface area contributed by atoms with E-state index in [0.29, 0.717) is 0 Å². The first-order chi connectivity index (χ1) is 10.3. The van der Waals surface area contributed by atoms with Gasteiger partial charge in [0.2, 0.25) is 0 Å². The Kier molecular flexibility index (Phi) is 4.91. The molecule has 0 aliphatic carbocycles. The predicted molar refractivity (Wildman–Crippen MR) is 94.1 cm³/mol. The lowest BCUT2D eigenvalue weighted by Gasteiger charge is -2.22. The molecule has 2 rings (SSSR count). The summed E-state index contributed by atoms with van der Waals surface area (Å²) in [4.78, 5) is 4.47. The number of rotatable bonds is 5. The standard InChI is InChI=1S/C18H28N4/c1-18(2,3)17-10-11-22(19-17)16-9-7-8-15(14-16)21(6)13-12-20(4)5/h7-11,14H,12-13H2,1-6H3. The van der Waals surface area contributed by atoms with E-state index in [1.165, 1.54) is 5.69 Å². The van der Waals surface area contributed by atoms with Crippen molar-refractivity contribution in [1.82, 2.24) is 14.7 Å². The highest BCUT2D eigenvalue weighted by Crippen LogP contribution is 2.22. The zero-order valence-corrected chi connectivity index (χ0v) is 14.7. The molecule has 0 unspecified atom stereocenters. The van der Waals surface area contributed by atoms with Crippen molar-refractivity contribution >= 4 is 5.69 Å². The maximum absolute atomic E-state index is 4.72. The van der Waals surface area contributed by atoms with Crippen LogP contribution in [-0.2, 0) is 5.41 Å². The molecule has 1 aromatic heterocycles. The molecule has 1 aromatic carbocycles. The molecule has 4 nitrogen and oxygen atoms in total. The van der Waals surface area contributed by atoms with Crippen LogP contribution in [0.5, 0.6) is 0 Å². The fraction of sp³-hybridized carbons (Fsp3) is 0.500. The third kappa shape index (κ3) is 4.10. The van der Waals surface area contributed by atoms with E-state index in [2.05, 4.69) is 82.0 Å². The SMILES string of the molecule is CN(C)CCN(C)c1cccc(-n2ccc(C(C)(C)C)n2)c1. The summed E-state index contributed by atoms with van der Waals surface area (Å²) in [6.07, 6.45) is 2.04. The summed E-state index contributed by atoms with van der Waals surface area (Å²) >= 11 is 0. The second-order valence-corrected chi connectivity index (χ2v) is 7.14. The van der Waals surface area contributed by atoms with Gasteiger partial charge in [-0.3, -0.25) is 0 Å². The van der Waals surface area contributed by atoms with Gasteiger partial charge in [-0.15, -0.1) is 0 Å². The molecule has 0 atom stereocenters. The molecule has 0 amide bonds. The van der Waals surface area contributed by atoms with Crippen molar-refractivity contribution in [3.63, 3.8) is 0 Å². The molecule has 4 heteroatoms. The van der Waals surface area contributed by atoms with E-state index >= 15 is 0 Å². The zero-order chi connectivity index (χ0) is 16.3. The lowest BCUT2D eigenvalue weighted by atomic mass is 9.93. The van der Waals surface area contributed by atoms with E-state index in [9.17, 15) is 0 Å². The van der Waals surface area contributed by atoms with Crippen molar-refractivity contribution in [1.29, 1.82) is 0 Å². The molecule has 0 saturated heterocycles. The first-order valence-electron chi connectivity index (χ1n) is 7.80. The van der Waals surface area contributed by atoms with Gasteiger partial charge < -0.3 is 9.80 Å².